The largest absolute Gasteiger partial charge is 0.488 e. The van der Waals surface area contributed by atoms with Crippen LogP contribution in [0, 0.1) is 17.8 Å². The summed E-state index contributed by atoms with van der Waals surface area (Å²) in [5.41, 5.74) is 0.0252. The van der Waals surface area contributed by atoms with Gasteiger partial charge < -0.3 is 16.2 Å². The van der Waals surface area contributed by atoms with Crippen LogP contribution in [-0.2, 0) is 0 Å². The second-order valence-corrected chi connectivity index (χ2v) is 6.17. The molecule has 0 aromatic heterocycles. The van der Waals surface area contributed by atoms with E-state index in [0.29, 0.717) is 5.56 Å². The molecule has 0 atom stereocenters. The van der Waals surface area contributed by atoms with E-state index >= 15 is 0 Å². The molecule has 0 heterocycles. The number of rotatable bonds is 5. The highest BCUT2D eigenvalue weighted by molar-refractivity contribution is 5.94. The molecule has 1 aromatic rings. The molecule has 0 radical (unpaired) electrons. The summed E-state index contributed by atoms with van der Waals surface area (Å²) in [6.45, 7) is 16.1. The van der Waals surface area contributed by atoms with Crippen molar-refractivity contribution in [2.75, 3.05) is 7.05 Å². The maximum Gasteiger partial charge on any atom is 0.251 e. The highest BCUT2D eigenvalue weighted by Crippen LogP contribution is 2.30. The van der Waals surface area contributed by atoms with E-state index < -0.39 is 0 Å². The Hall–Kier alpha value is -1.99. The highest BCUT2D eigenvalue weighted by atomic mass is 16.5. The maximum atomic E-state index is 11.5. The minimum Gasteiger partial charge on any atom is -0.488 e. The predicted molar refractivity (Wildman–Crippen MR) is 109 cm³/mol. The van der Waals surface area contributed by atoms with Gasteiger partial charge in [0.25, 0.3) is 5.91 Å². The van der Waals surface area contributed by atoms with Crippen molar-refractivity contribution in [3.63, 3.8) is 0 Å². The average Bonchev–Trinajstić information content (AvgIpc) is 2.57. The molecular formula is C21H38N2O2. The molecule has 0 aliphatic rings. The molecule has 0 bridgehead atoms. The molecule has 1 aromatic carbocycles. The van der Waals surface area contributed by atoms with E-state index in [1.54, 1.807) is 31.3 Å². The van der Waals surface area contributed by atoms with E-state index in [1.807, 2.05) is 55.4 Å². The standard InChI is InChI=1S/C17H23NO2.2C2H6.H3N/c1-7-16(2,3)12-17(4,5)20-14-10-8-13(9-11-14)15(19)18-6;2*1-2;/h1,8-11H,12H2,2-6H3,(H,18,19);2*1-2H3;1H3. The van der Waals surface area contributed by atoms with E-state index in [9.17, 15) is 4.79 Å². The lowest BCUT2D eigenvalue weighted by atomic mass is 9.82. The molecule has 0 saturated carbocycles. The number of hydrogen-bond acceptors (Lipinski definition) is 3. The summed E-state index contributed by atoms with van der Waals surface area (Å²) in [4.78, 5) is 11.5. The van der Waals surface area contributed by atoms with Crippen molar-refractivity contribution in [1.29, 1.82) is 0 Å². The summed E-state index contributed by atoms with van der Waals surface area (Å²) in [5.74, 6) is 3.41. The fourth-order valence-corrected chi connectivity index (χ4v) is 2.29. The van der Waals surface area contributed by atoms with Gasteiger partial charge in [0.15, 0.2) is 0 Å². The van der Waals surface area contributed by atoms with Crippen LogP contribution in [0.5, 0.6) is 5.75 Å². The smallest absolute Gasteiger partial charge is 0.251 e. The first kappa shape index (κ1) is 27.8. The number of amides is 1. The predicted octanol–water partition coefficient (Wildman–Crippen LogP) is 5.47. The van der Waals surface area contributed by atoms with Gasteiger partial charge in [0.05, 0.1) is 0 Å². The Morgan fingerprint density at radius 3 is 1.88 bits per heavy atom. The van der Waals surface area contributed by atoms with Gasteiger partial charge in [0, 0.05) is 24.4 Å². The molecule has 0 fully saturated rings. The lowest BCUT2D eigenvalue weighted by Crippen LogP contribution is -2.33. The zero-order valence-corrected chi connectivity index (χ0v) is 17.6. The summed E-state index contributed by atoms with van der Waals surface area (Å²) in [7, 11) is 1.61. The number of ether oxygens (including phenoxy) is 1. The normalized spacial score (nSPS) is 9.76. The molecule has 1 amide bonds. The minimum absolute atomic E-state index is 0. The van der Waals surface area contributed by atoms with Crippen LogP contribution >= 0.6 is 0 Å². The van der Waals surface area contributed by atoms with Crippen LogP contribution in [0.15, 0.2) is 24.3 Å². The van der Waals surface area contributed by atoms with Gasteiger partial charge in [-0.1, -0.05) is 27.7 Å². The van der Waals surface area contributed by atoms with Crippen LogP contribution in [0.25, 0.3) is 0 Å². The van der Waals surface area contributed by atoms with Crippen molar-refractivity contribution >= 4 is 5.91 Å². The third-order valence-electron chi connectivity index (χ3n) is 3.00. The van der Waals surface area contributed by atoms with E-state index in [2.05, 4.69) is 11.2 Å². The molecule has 0 unspecified atom stereocenters. The number of nitrogens with one attached hydrogen (secondary N) is 1. The fraction of sp³-hybridized carbons (Fsp3) is 0.571. The highest BCUT2D eigenvalue weighted by Gasteiger charge is 2.29. The molecule has 0 saturated heterocycles. The van der Waals surface area contributed by atoms with E-state index in [-0.39, 0.29) is 23.1 Å². The minimum atomic E-state index is -0.371. The van der Waals surface area contributed by atoms with Crippen molar-refractivity contribution in [2.45, 2.75) is 67.4 Å². The number of carbonyl (C=O) groups excluding carboxylic acids is 1. The average molecular weight is 351 g/mol. The summed E-state index contributed by atoms with van der Waals surface area (Å²) in [6, 6.07) is 7.09. The summed E-state index contributed by atoms with van der Waals surface area (Å²) in [5, 5.41) is 2.59. The number of hydrogen-bond donors (Lipinski definition) is 2. The van der Waals surface area contributed by atoms with Crippen molar-refractivity contribution in [3.05, 3.63) is 29.8 Å². The van der Waals surface area contributed by atoms with E-state index in [1.165, 1.54) is 0 Å². The van der Waals surface area contributed by atoms with Crippen LogP contribution in [0.3, 0.4) is 0 Å². The Morgan fingerprint density at radius 1 is 1.08 bits per heavy atom. The number of terminal acetylenes is 1. The first-order chi connectivity index (χ1) is 11.2. The summed E-state index contributed by atoms with van der Waals surface area (Å²) in [6.07, 6.45) is 6.27. The van der Waals surface area contributed by atoms with Gasteiger partial charge in [-0.05, 0) is 52.0 Å². The Kier molecular flexibility index (Phi) is 14.8. The zero-order chi connectivity index (χ0) is 19.4. The quantitative estimate of drug-likeness (QED) is 0.692. The van der Waals surface area contributed by atoms with Crippen LogP contribution < -0.4 is 16.2 Å². The van der Waals surface area contributed by atoms with E-state index in [0.717, 1.165) is 12.2 Å². The lowest BCUT2D eigenvalue weighted by Gasteiger charge is -2.32. The lowest BCUT2D eigenvalue weighted by molar-refractivity contribution is 0.0721. The number of carbonyl (C=O) groups is 1. The topological polar surface area (TPSA) is 73.3 Å². The molecule has 0 aliphatic heterocycles. The van der Waals surface area contributed by atoms with Crippen molar-refractivity contribution in [3.8, 4) is 18.1 Å². The van der Waals surface area contributed by atoms with Gasteiger partial charge in [-0.2, -0.15) is 0 Å². The van der Waals surface area contributed by atoms with Crippen LogP contribution in [0.4, 0.5) is 0 Å². The summed E-state index contributed by atoms with van der Waals surface area (Å²) < 4.78 is 5.98. The molecule has 1 rings (SSSR count). The fourth-order valence-electron chi connectivity index (χ4n) is 2.29. The van der Waals surface area contributed by atoms with Crippen molar-refractivity contribution in [2.24, 2.45) is 5.41 Å². The maximum absolute atomic E-state index is 11.5. The Morgan fingerprint density at radius 2 is 1.52 bits per heavy atom. The number of benzene rings is 1. The van der Waals surface area contributed by atoms with Crippen molar-refractivity contribution in [1.82, 2.24) is 11.5 Å². The Labute approximate surface area is 155 Å². The summed E-state index contributed by atoms with van der Waals surface area (Å²) >= 11 is 0. The second-order valence-electron chi connectivity index (χ2n) is 6.17. The van der Waals surface area contributed by atoms with Gasteiger partial charge in [0.2, 0.25) is 0 Å². The van der Waals surface area contributed by atoms with Crippen molar-refractivity contribution < 1.29 is 9.53 Å². The Balaban J connectivity index is -0.000000899. The SMILES string of the molecule is C#CC(C)(C)CC(C)(C)Oc1ccc(C(=O)NC)cc1.CC.CC.N. The molecule has 0 spiro atoms. The second kappa shape index (κ2) is 13.3. The molecule has 25 heavy (non-hydrogen) atoms. The molecule has 4 nitrogen and oxygen atoms in total. The molecule has 144 valence electrons. The van der Waals surface area contributed by atoms with Gasteiger partial charge in [-0.25, -0.2) is 0 Å². The van der Waals surface area contributed by atoms with Gasteiger partial charge in [-0.3, -0.25) is 4.79 Å². The van der Waals surface area contributed by atoms with Crippen LogP contribution in [0.1, 0.15) is 72.2 Å². The van der Waals surface area contributed by atoms with Gasteiger partial charge >= 0.3 is 0 Å². The molecule has 4 N–H and O–H groups in total. The molecule has 4 heteroatoms. The molecular weight excluding hydrogens is 312 g/mol. The van der Waals surface area contributed by atoms with Gasteiger partial charge in [-0.15, -0.1) is 12.3 Å². The third kappa shape index (κ3) is 11.2. The first-order valence-electron chi connectivity index (χ1n) is 8.68. The Bertz CT molecular complexity index is 512. The van der Waals surface area contributed by atoms with Gasteiger partial charge in [0.1, 0.15) is 11.4 Å². The van der Waals surface area contributed by atoms with Crippen LogP contribution in [-0.4, -0.2) is 18.6 Å². The zero-order valence-electron chi connectivity index (χ0n) is 17.6. The monoisotopic (exact) mass is 350 g/mol. The first-order valence-corrected chi connectivity index (χ1v) is 8.68. The van der Waals surface area contributed by atoms with E-state index in [4.69, 9.17) is 11.2 Å². The van der Waals surface area contributed by atoms with Crippen LogP contribution in [0.2, 0.25) is 0 Å². The molecule has 0 aliphatic carbocycles. The third-order valence-corrected chi connectivity index (χ3v) is 3.00.